The van der Waals surface area contributed by atoms with Gasteiger partial charge in [-0.15, -0.1) is 0 Å². The molecular formula is CH6BFN2S. The molecule has 0 radical (unpaired) electrons. The van der Waals surface area contributed by atoms with E-state index in [1.807, 2.05) is 0 Å². The van der Waals surface area contributed by atoms with Crippen molar-refractivity contribution in [1.82, 2.24) is 5.23 Å². The third-order valence-corrected chi connectivity index (χ3v) is 0.821. The lowest BCUT2D eigenvalue weighted by Crippen LogP contribution is -2.23. The van der Waals surface area contributed by atoms with E-state index in [1.54, 1.807) is 0 Å². The molecule has 5 heteroatoms. The molecule has 0 atom stereocenters. The lowest BCUT2D eigenvalue weighted by Gasteiger charge is -1.90. The Morgan fingerprint density at radius 3 is 2.50 bits per heavy atom. The first-order valence-corrected chi connectivity index (χ1v) is 2.42. The molecule has 3 N–H and O–H groups in total. The van der Waals surface area contributed by atoms with Gasteiger partial charge in [0.1, 0.15) is 0 Å². The van der Waals surface area contributed by atoms with E-state index >= 15 is 0 Å². The standard InChI is InChI=1S/CH6BFN2S/c1-5-2(3)6-4/h5H,4H2,1H3. The Labute approximate surface area is 40.8 Å². The summed E-state index contributed by atoms with van der Waals surface area (Å²) in [6.45, 7) is 0. The van der Waals surface area contributed by atoms with Gasteiger partial charge in [-0.3, -0.25) is 9.45 Å². The molecule has 0 amide bonds. The largest absolute Gasteiger partial charge is 0.509 e. The highest BCUT2D eigenvalue weighted by molar-refractivity contribution is 8.22. The molecule has 0 saturated carbocycles. The fourth-order valence-electron chi connectivity index (χ4n) is 0.0680. The normalized spacial score (nSPS) is 8.50. The Bertz CT molecular complexity index is 32.7. The molecule has 0 aromatic heterocycles. The zero-order valence-electron chi connectivity index (χ0n) is 3.44. The van der Waals surface area contributed by atoms with Crippen molar-refractivity contribution in [3.05, 3.63) is 0 Å². The van der Waals surface area contributed by atoms with Crippen LogP contribution in [0.1, 0.15) is 0 Å². The molecule has 0 aromatic rings. The van der Waals surface area contributed by atoms with Crippen molar-refractivity contribution in [3.8, 4) is 0 Å². The molecule has 36 valence electrons. The molecule has 0 heterocycles. The summed E-state index contributed by atoms with van der Waals surface area (Å²) in [7, 11) is 1.50. The first-order chi connectivity index (χ1) is 2.81. The van der Waals surface area contributed by atoms with Gasteiger partial charge in [0.05, 0.1) is 0 Å². The van der Waals surface area contributed by atoms with Crippen LogP contribution in [0, 0.1) is 0 Å². The van der Waals surface area contributed by atoms with Gasteiger partial charge in [-0.25, -0.2) is 0 Å². The lowest BCUT2D eigenvalue weighted by atomic mass is 10.3. The SMILES string of the molecule is CNB(F)SN. The van der Waals surface area contributed by atoms with Gasteiger partial charge >= 0.3 is 6.40 Å². The first kappa shape index (κ1) is 6.26. The van der Waals surface area contributed by atoms with Crippen molar-refractivity contribution >= 4 is 18.2 Å². The van der Waals surface area contributed by atoms with Crippen molar-refractivity contribution in [2.75, 3.05) is 7.05 Å². The maximum absolute atomic E-state index is 11.6. The summed E-state index contributed by atoms with van der Waals surface area (Å²) in [6.07, 6.45) is -1.12. The quantitative estimate of drug-likeness (QED) is 0.379. The first-order valence-electron chi connectivity index (χ1n) is 1.48. The molecule has 0 aromatic carbocycles. The summed E-state index contributed by atoms with van der Waals surface area (Å²) in [5, 5.41) is 7.05. The molecule has 2 nitrogen and oxygen atoms in total. The van der Waals surface area contributed by atoms with Crippen molar-refractivity contribution in [2.45, 2.75) is 0 Å². The number of rotatable bonds is 2. The summed E-state index contributed by atoms with van der Waals surface area (Å²) < 4.78 is 11.6. The van der Waals surface area contributed by atoms with Crippen molar-refractivity contribution in [3.63, 3.8) is 0 Å². The van der Waals surface area contributed by atoms with Crippen LogP contribution in [0.15, 0.2) is 0 Å². The van der Waals surface area contributed by atoms with E-state index in [2.05, 4.69) is 5.23 Å². The van der Waals surface area contributed by atoms with Crippen molar-refractivity contribution in [2.24, 2.45) is 5.14 Å². The molecule has 0 aliphatic heterocycles. The van der Waals surface area contributed by atoms with Crippen LogP contribution in [-0.2, 0) is 0 Å². The number of hydrogen-bond acceptors (Lipinski definition) is 3. The second kappa shape index (κ2) is 3.45. The fraction of sp³-hybridized carbons (Fsp3) is 1.00. The van der Waals surface area contributed by atoms with E-state index < -0.39 is 6.40 Å². The Kier molecular flexibility index (Phi) is 3.61. The number of nitrogens with two attached hydrogens (primary N) is 1. The highest BCUT2D eigenvalue weighted by Crippen LogP contribution is 1.89. The monoisotopic (exact) mass is 108 g/mol. The van der Waals surface area contributed by atoms with Gasteiger partial charge in [-0.1, -0.05) is 11.8 Å². The highest BCUT2D eigenvalue weighted by atomic mass is 32.2. The van der Waals surface area contributed by atoms with Gasteiger partial charge in [0.25, 0.3) is 0 Å². The van der Waals surface area contributed by atoms with Gasteiger partial charge in [0.15, 0.2) is 0 Å². The van der Waals surface area contributed by atoms with Gasteiger partial charge in [-0.05, 0) is 7.05 Å². The Hall–Kier alpha value is 0.265. The predicted molar refractivity (Wildman–Crippen MR) is 27.7 cm³/mol. The number of nitrogens with one attached hydrogen (secondary N) is 1. The fourth-order valence-corrected chi connectivity index (χ4v) is 0.204. The minimum Gasteiger partial charge on any atom is -0.319 e. The van der Waals surface area contributed by atoms with Crippen LogP contribution in [0.2, 0.25) is 0 Å². The molecular weight excluding hydrogens is 102 g/mol. The smallest absolute Gasteiger partial charge is 0.319 e. The second-order valence-corrected chi connectivity index (χ2v) is 1.43. The van der Waals surface area contributed by atoms with Crippen molar-refractivity contribution < 1.29 is 4.32 Å². The lowest BCUT2D eigenvalue weighted by molar-refractivity contribution is 0.827. The maximum Gasteiger partial charge on any atom is 0.509 e. The average Bonchev–Trinajstić information content (AvgIpc) is 1.65. The minimum absolute atomic E-state index is 0.647. The Balaban J connectivity index is 2.75. The summed E-state index contributed by atoms with van der Waals surface area (Å²) in [5.41, 5.74) is 0. The summed E-state index contributed by atoms with van der Waals surface area (Å²) in [5.74, 6) is 0. The van der Waals surface area contributed by atoms with Crippen LogP contribution < -0.4 is 10.4 Å². The van der Waals surface area contributed by atoms with Crippen molar-refractivity contribution in [1.29, 1.82) is 0 Å². The van der Waals surface area contributed by atoms with E-state index in [1.165, 1.54) is 7.05 Å². The molecule has 0 saturated heterocycles. The van der Waals surface area contributed by atoms with Crippen LogP contribution in [0.3, 0.4) is 0 Å². The van der Waals surface area contributed by atoms with Crippen LogP contribution in [0.4, 0.5) is 4.32 Å². The molecule has 6 heavy (non-hydrogen) atoms. The van der Waals surface area contributed by atoms with Crippen LogP contribution >= 0.6 is 11.8 Å². The molecule has 0 unspecified atom stereocenters. The minimum atomic E-state index is -1.12. The molecule has 0 bridgehead atoms. The second-order valence-electron chi connectivity index (χ2n) is 0.741. The summed E-state index contributed by atoms with van der Waals surface area (Å²) in [4.78, 5) is 0. The van der Waals surface area contributed by atoms with Crippen LogP contribution in [0.25, 0.3) is 0 Å². The van der Waals surface area contributed by atoms with Crippen LogP contribution in [0.5, 0.6) is 0 Å². The molecule has 0 fully saturated rings. The van der Waals surface area contributed by atoms with Gasteiger partial charge in [-0.2, -0.15) is 0 Å². The number of halogens is 1. The average molecular weight is 108 g/mol. The molecule has 0 spiro atoms. The van der Waals surface area contributed by atoms with E-state index in [9.17, 15) is 4.32 Å². The predicted octanol–water partition coefficient (Wildman–Crippen LogP) is -0.233. The van der Waals surface area contributed by atoms with Crippen LogP contribution in [-0.4, -0.2) is 13.5 Å². The molecule has 0 rings (SSSR count). The topological polar surface area (TPSA) is 38.0 Å². The third kappa shape index (κ3) is 2.50. The van der Waals surface area contributed by atoms with Gasteiger partial charge in [0.2, 0.25) is 0 Å². The van der Waals surface area contributed by atoms with E-state index in [0.29, 0.717) is 11.8 Å². The van der Waals surface area contributed by atoms with E-state index in [0.717, 1.165) is 0 Å². The molecule has 0 aliphatic rings. The number of hydrogen-bond donors (Lipinski definition) is 2. The highest BCUT2D eigenvalue weighted by Gasteiger charge is 2.05. The Morgan fingerprint density at radius 1 is 2.00 bits per heavy atom. The van der Waals surface area contributed by atoms with E-state index in [-0.39, 0.29) is 0 Å². The maximum atomic E-state index is 11.6. The molecule has 0 aliphatic carbocycles. The zero-order chi connectivity index (χ0) is 4.99. The Morgan fingerprint density at radius 2 is 2.50 bits per heavy atom. The van der Waals surface area contributed by atoms with Gasteiger partial charge in [0, 0.05) is 0 Å². The van der Waals surface area contributed by atoms with Gasteiger partial charge < -0.3 is 5.23 Å². The van der Waals surface area contributed by atoms with E-state index in [4.69, 9.17) is 5.14 Å². The zero-order valence-corrected chi connectivity index (χ0v) is 4.26. The summed E-state index contributed by atoms with van der Waals surface area (Å²) in [6, 6.07) is 0. The summed E-state index contributed by atoms with van der Waals surface area (Å²) >= 11 is 0.647. The third-order valence-electron chi connectivity index (χ3n) is 0.346.